The molecule has 80 valence electrons. The van der Waals surface area contributed by atoms with Crippen LogP contribution in [0.4, 0.5) is 0 Å². The van der Waals surface area contributed by atoms with Crippen LogP contribution in [0.25, 0.3) is 0 Å². The fraction of sp³-hybridized carbons (Fsp3) is 0.778. The maximum Gasteiger partial charge on any atom is 0.326 e. The number of nitrogens with zero attached hydrogens (tertiary/aromatic N) is 1. The van der Waals surface area contributed by atoms with Gasteiger partial charge in [0, 0.05) is 0 Å². The number of hydrogen-bond acceptors (Lipinski definition) is 3. The Labute approximate surface area is 87.7 Å². The quantitative estimate of drug-likeness (QED) is 0.714. The third kappa shape index (κ3) is 1.73. The van der Waals surface area contributed by atoms with Crippen molar-refractivity contribution in [3.63, 3.8) is 0 Å². The van der Waals surface area contributed by atoms with Gasteiger partial charge in [0.15, 0.2) is 0 Å². The van der Waals surface area contributed by atoms with Crippen molar-refractivity contribution in [1.82, 2.24) is 4.90 Å². The normalized spacial score (nSPS) is 28.5. The Morgan fingerprint density at radius 2 is 2.29 bits per heavy atom. The Morgan fingerprint density at radius 3 is 2.71 bits per heavy atom. The predicted octanol–water partition coefficient (Wildman–Crippen LogP) is 1.02. The number of thioether (sulfide) groups is 1. The maximum atomic E-state index is 11.4. The average molecular weight is 217 g/mol. The number of carbonyl (C=O) groups is 2. The van der Waals surface area contributed by atoms with Gasteiger partial charge in [-0.2, -0.15) is 0 Å². The highest BCUT2D eigenvalue weighted by Gasteiger charge is 2.48. The highest BCUT2D eigenvalue weighted by Crippen LogP contribution is 2.36. The van der Waals surface area contributed by atoms with Crippen LogP contribution in [0.3, 0.4) is 0 Å². The Kier molecular flexibility index (Phi) is 3.42. The van der Waals surface area contributed by atoms with Gasteiger partial charge in [0.05, 0.1) is 11.3 Å². The first-order valence-corrected chi connectivity index (χ1v) is 5.72. The Bertz CT molecular complexity index is 256. The second-order valence-corrected chi connectivity index (χ2v) is 4.79. The molecule has 0 radical (unpaired) electrons. The summed E-state index contributed by atoms with van der Waals surface area (Å²) in [5.74, 6) is -0.134. The Morgan fingerprint density at radius 1 is 1.71 bits per heavy atom. The van der Waals surface area contributed by atoms with Crippen LogP contribution in [-0.2, 0) is 9.59 Å². The monoisotopic (exact) mass is 217 g/mol. The molecule has 0 spiro atoms. The average Bonchev–Trinajstić information content (AvgIpc) is 2.16. The second-order valence-electron chi connectivity index (χ2n) is 3.39. The van der Waals surface area contributed by atoms with Crippen LogP contribution in [0.2, 0.25) is 0 Å². The van der Waals surface area contributed by atoms with Gasteiger partial charge in [0.25, 0.3) is 0 Å². The number of likely N-dealkylation sites (tertiary alicyclic amines) is 1. The molecular weight excluding hydrogens is 202 g/mol. The third-order valence-electron chi connectivity index (χ3n) is 2.46. The lowest BCUT2D eigenvalue weighted by atomic mass is 9.98. The highest BCUT2D eigenvalue weighted by atomic mass is 32.2. The topological polar surface area (TPSA) is 57.6 Å². The second kappa shape index (κ2) is 4.21. The van der Waals surface area contributed by atoms with Gasteiger partial charge in [-0.25, -0.2) is 4.79 Å². The van der Waals surface area contributed by atoms with E-state index in [9.17, 15) is 9.59 Å². The molecule has 4 nitrogen and oxygen atoms in total. The molecule has 14 heavy (non-hydrogen) atoms. The van der Waals surface area contributed by atoms with Gasteiger partial charge in [-0.05, 0) is 12.7 Å². The number of β-lactam (4-membered cyclic amide) rings is 1. The first-order valence-electron chi connectivity index (χ1n) is 4.67. The lowest BCUT2D eigenvalue weighted by Crippen LogP contribution is -2.63. The molecule has 1 heterocycles. The third-order valence-corrected chi connectivity index (χ3v) is 3.77. The summed E-state index contributed by atoms with van der Waals surface area (Å²) in [5.41, 5.74) is 0. The van der Waals surface area contributed by atoms with Crippen LogP contribution in [-0.4, -0.2) is 39.1 Å². The number of carboxylic acids is 1. The summed E-state index contributed by atoms with van der Waals surface area (Å²) < 4.78 is 0. The number of rotatable bonds is 4. The van der Waals surface area contributed by atoms with Crippen molar-refractivity contribution in [3.8, 4) is 0 Å². The largest absolute Gasteiger partial charge is 0.480 e. The van der Waals surface area contributed by atoms with E-state index < -0.39 is 12.0 Å². The molecule has 3 atom stereocenters. The molecule has 1 saturated heterocycles. The highest BCUT2D eigenvalue weighted by molar-refractivity contribution is 7.99. The minimum Gasteiger partial charge on any atom is -0.480 e. The van der Waals surface area contributed by atoms with Crippen LogP contribution < -0.4 is 0 Å². The lowest BCUT2D eigenvalue weighted by Gasteiger charge is -2.47. The van der Waals surface area contributed by atoms with Gasteiger partial charge >= 0.3 is 5.97 Å². The van der Waals surface area contributed by atoms with E-state index in [1.54, 1.807) is 18.7 Å². The zero-order valence-electron chi connectivity index (χ0n) is 8.56. The van der Waals surface area contributed by atoms with E-state index in [4.69, 9.17) is 5.11 Å². The summed E-state index contributed by atoms with van der Waals surface area (Å²) in [4.78, 5) is 23.6. The van der Waals surface area contributed by atoms with Crippen molar-refractivity contribution in [1.29, 1.82) is 0 Å². The Balaban J connectivity index is 2.67. The van der Waals surface area contributed by atoms with Crippen molar-refractivity contribution in [2.24, 2.45) is 5.92 Å². The zero-order chi connectivity index (χ0) is 10.9. The summed E-state index contributed by atoms with van der Waals surface area (Å²) in [6, 6.07) is -0.706. The molecule has 1 fully saturated rings. The molecule has 1 aliphatic rings. The first kappa shape index (κ1) is 11.4. The SMILES string of the molecule is CCSC1[C@H](C)C(=O)N1[C@H](C)C(=O)O. The van der Waals surface area contributed by atoms with Gasteiger partial charge < -0.3 is 10.0 Å². The fourth-order valence-corrected chi connectivity index (χ4v) is 2.76. The number of carbonyl (C=O) groups excluding carboxylic acids is 1. The molecule has 0 aromatic rings. The number of hydrogen-bond donors (Lipinski definition) is 1. The summed E-state index contributed by atoms with van der Waals surface area (Å²) in [7, 11) is 0. The molecule has 1 amide bonds. The molecule has 1 aliphatic heterocycles. The van der Waals surface area contributed by atoms with Crippen molar-refractivity contribution in [2.45, 2.75) is 32.2 Å². The molecule has 0 aromatic carbocycles. The van der Waals surface area contributed by atoms with Crippen molar-refractivity contribution < 1.29 is 14.7 Å². The van der Waals surface area contributed by atoms with Crippen LogP contribution in [0.1, 0.15) is 20.8 Å². The number of aliphatic carboxylic acids is 1. The van der Waals surface area contributed by atoms with Gasteiger partial charge in [-0.15, -0.1) is 11.8 Å². The summed E-state index contributed by atoms with van der Waals surface area (Å²) in [6.07, 6.45) is 0. The minimum absolute atomic E-state index is 0.0400. The molecule has 5 heteroatoms. The zero-order valence-corrected chi connectivity index (χ0v) is 9.37. The van der Waals surface area contributed by atoms with Crippen LogP contribution in [0.5, 0.6) is 0 Å². The fourth-order valence-electron chi connectivity index (χ4n) is 1.57. The maximum absolute atomic E-state index is 11.4. The van der Waals surface area contributed by atoms with Gasteiger partial charge in [0.2, 0.25) is 5.91 Å². The standard InChI is InChI=1S/C9H15NO3S/c1-4-14-8-5(2)7(11)10(8)6(3)9(12)13/h5-6,8H,4H2,1-3H3,(H,12,13)/t5-,6-,8?/m1/s1. The van der Waals surface area contributed by atoms with E-state index in [2.05, 4.69) is 0 Å². The van der Waals surface area contributed by atoms with E-state index in [1.165, 1.54) is 4.90 Å². The van der Waals surface area contributed by atoms with Gasteiger partial charge in [0.1, 0.15) is 6.04 Å². The molecule has 0 saturated carbocycles. The summed E-state index contributed by atoms with van der Waals surface area (Å²) in [6.45, 7) is 5.40. The molecule has 1 unspecified atom stereocenters. The number of amides is 1. The van der Waals surface area contributed by atoms with Crippen LogP contribution in [0, 0.1) is 5.92 Å². The first-order chi connectivity index (χ1) is 6.50. The number of carboxylic acid groups (broad SMARTS) is 1. The molecule has 0 aliphatic carbocycles. The summed E-state index contributed by atoms with van der Waals surface area (Å²) >= 11 is 1.63. The van der Waals surface area contributed by atoms with Gasteiger partial charge in [-0.3, -0.25) is 4.79 Å². The minimum atomic E-state index is -0.938. The van der Waals surface area contributed by atoms with E-state index in [-0.39, 0.29) is 17.2 Å². The smallest absolute Gasteiger partial charge is 0.326 e. The van der Waals surface area contributed by atoms with Crippen molar-refractivity contribution in [3.05, 3.63) is 0 Å². The molecule has 1 rings (SSSR count). The van der Waals surface area contributed by atoms with Gasteiger partial charge in [-0.1, -0.05) is 13.8 Å². The predicted molar refractivity (Wildman–Crippen MR) is 55.0 cm³/mol. The van der Waals surface area contributed by atoms with Crippen molar-refractivity contribution >= 4 is 23.6 Å². The summed E-state index contributed by atoms with van der Waals surface area (Å²) in [5, 5.41) is 8.84. The molecule has 0 bridgehead atoms. The molecule has 0 aromatic heterocycles. The van der Waals surface area contributed by atoms with Crippen molar-refractivity contribution in [2.75, 3.05) is 5.75 Å². The molecule has 1 N–H and O–H groups in total. The van der Waals surface area contributed by atoms with Crippen LogP contribution >= 0.6 is 11.8 Å². The van der Waals surface area contributed by atoms with Crippen LogP contribution in [0.15, 0.2) is 0 Å². The van der Waals surface area contributed by atoms with E-state index >= 15 is 0 Å². The Hall–Kier alpha value is -0.710. The lowest BCUT2D eigenvalue weighted by molar-refractivity contribution is -0.162. The van der Waals surface area contributed by atoms with E-state index in [0.29, 0.717) is 0 Å². The van der Waals surface area contributed by atoms with E-state index in [1.807, 2.05) is 13.8 Å². The molecular formula is C9H15NO3S. The van der Waals surface area contributed by atoms with E-state index in [0.717, 1.165) is 5.75 Å².